The van der Waals surface area contributed by atoms with Crippen molar-refractivity contribution < 1.29 is 4.74 Å². The van der Waals surface area contributed by atoms with Gasteiger partial charge in [-0.2, -0.15) is 5.10 Å². The third-order valence-corrected chi connectivity index (χ3v) is 5.58. The summed E-state index contributed by atoms with van der Waals surface area (Å²) < 4.78 is 7.69. The molecule has 25 heavy (non-hydrogen) atoms. The Morgan fingerprint density at radius 1 is 1.16 bits per heavy atom. The number of aromatic nitrogens is 2. The molecule has 1 aromatic heterocycles. The molecule has 2 aliphatic rings. The molecule has 0 saturated carbocycles. The molecule has 1 N–H and O–H groups in total. The van der Waals surface area contributed by atoms with Crippen molar-refractivity contribution in [2.24, 2.45) is 0 Å². The van der Waals surface area contributed by atoms with Crippen LogP contribution in [0, 0.1) is 0 Å². The number of rotatable bonds is 3. The number of ether oxygens (including phenoxy) is 1. The van der Waals surface area contributed by atoms with Crippen molar-refractivity contribution in [1.29, 1.82) is 0 Å². The Bertz CT molecular complexity index is 731. The molecule has 0 bridgehead atoms. The smallest absolute Gasteiger partial charge is 0.144 e. The number of piperidine rings is 1. The molecule has 134 valence electrons. The second-order valence-corrected chi connectivity index (χ2v) is 7.26. The molecule has 4 rings (SSSR count). The summed E-state index contributed by atoms with van der Waals surface area (Å²) in [6.45, 7) is 3.34. The first-order chi connectivity index (χ1) is 12.3. The first kappa shape index (κ1) is 16.5. The van der Waals surface area contributed by atoms with Crippen molar-refractivity contribution in [3.05, 3.63) is 35.5 Å². The van der Waals surface area contributed by atoms with Crippen molar-refractivity contribution >= 4 is 5.82 Å². The molecule has 2 aliphatic heterocycles. The third-order valence-electron chi connectivity index (χ3n) is 5.58. The Kier molecular flexibility index (Phi) is 4.66. The van der Waals surface area contributed by atoms with Gasteiger partial charge in [0.05, 0.1) is 12.8 Å². The van der Waals surface area contributed by atoms with Gasteiger partial charge >= 0.3 is 0 Å². The molecule has 1 saturated heterocycles. The minimum atomic E-state index is 0.570. The predicted molar refractivity (Wildman–Crippen MR) is 101 cm³/mol. The second-order valence-electron chi connectivity index (χ2n) is 7.26. The summed E-state index contributed by atoms with van der Waals surface area (Å²) in [7, 11) is 3.94. The summed E-state index contributed by atoms with van der Waals surface area (Å²) >= 11 is 0. The standard InChI is InChI=1S/C20H28N4O/c1-23-13-10-15(11-14-23)19-16-7-5-6-12-21-20(16)24(22-19)17-8-3-4-9-18(17)25-2/h3-4,8-9,15,21H,5-7,10-14H2,1-2H3. The summed E-state index contributed by atoms with van der Waals surface area (Å²) in [4.78, 5) is 2.42. The number of likely N-dealkylation sites (tertiary alicyclic amines) is 1. The molecular formula is C20H28N4O. The van der Waals surface area contributed by atoms with E-state index in [-0.39, 0.29) is 0 Å². The van der Waals surface area contributed by atoms with E-state index in [4.69, 9.17) is 9.84 Å². The Labute approximate surface area is 150 Å². The van der Waals surface area contributed by atoms with E-state index >= 15 is 0 Å². The molecule has 0 atom stereocenters. The van der Waals surface area contributed by atoms with Crippen LogP contribution in [0.2, 0.25) is 0 Å². The monoisotopic (exact) mass is 340 g/mol. The number of hydrogen-bond donors (Lipinski definition) is 1. The van der Waals surface area contributed by atoms with Gasteiger partial charge in [0.1, 0.15) is 17.3 Å². The van der Waals surface area contributed by atoms with Gasteiger partial charge in [-0.15, -0.1) is 0 Å². The van der Waals surface area contributed by atoms with Crippen LogP contribution in [0.5, 0.6) is 5.75 Å². The SMILES string of the molecule is COc1ccccc1-n1nc(C2CCN(C)CC2)c2c1NCCCC2. The van der Waals surface area contributed by atoms with E-state index in [2.05, 4.69) is 34.1 Å². The van der Waals surface area contributed by atoms with Gasteiger partial charge in [-0.25, -0.2) is 4.68 Å². The average molecular weight is 340 g/mol. The molecular weight excluding hydrogens is 312 g/mol. The Balaban J connectivity index is 1.79. The number of anilines is 1. The maximum Gasteiger partial charge on any atom is 0.144 e. The number of fused-ring (bicyclic) bond motifs is 1. The maximum atomic E-state index is 5.60. The lowest BCUT2D eigenvalue weighted by Crippen LogP contribution is -2.29. The molecule has 1 fully saturated rings. The molecule has 3 heterocycles. The fourth-order valence-corrected chi connectivity index (χ4v) is 4.12. The molecule has 5 heteroatoms. The Hall–Kier alpha value is -2.01. The van der Waals surface area contributed by atoms with Crippen LogP contribution in [0.25, 0.3) is 5.69 Å². The summed E-state index contributed by atoms with van der Waals surface area (Å²) in [5.74, 6) is 2.62. The molecule has 5 nitrogen and oxygen atoms in total. The van der Waals surface area contributed by atoms with Gasteiger partial charge < -0.3 is 15.0 Å². The molecule has 0 unspecified atom stereocenters. The molecule has 0 radical (unpaired) electrons. The van der Waals surface area contributed by atoms with E-state index in [1.165, 1.54) is 42.8 Å². The summed E-state index contributed by atoms with van der Waals surface area (Å²) in [6, 6.07) is 8.17. The highest BCUT2D eigenvalue weighted by Crippen LogP contribution is 2.37. The van der Waals surface area contributed by atoms with E-state index in [0.717, 1.165) is 37.5 Å². The van der Waals surface area contributed by atoms with Crippen LogP contribution < -0.4 is 10.1 Å². The van der Waals surface area contributed by atoms with Gasteiger partial charge in [-0.3, -0.25) is 0 Å². The number of para-hydroxylation sites is 2. The van der Waals surface area contributed by atoms with Crippen molar-refractivity contribution in [3.8, 4) is 11.4 Å². The molecule has 0 aliphatic carbocycles. The Morgan fingerprint density at radius 3 is 2.76 bits per heavy atom. The quantitative estimate of drug-likeness (QED) is 0.929. The Morgan fingerprint density at radius 2 is 1.96 bits per heavy atom. The highest BCUT2D eigenvalue weighted by Gasteiger charge is 2.28. The first-order valence-corrected chi connectivity index (χ1v) is 9.45. The fourth-order valence-electron chi connectivity index (χ4n) is 4.12. The summed E-state index contributed by atoms with van der Waals surface area (Å²) in [5, 5.41) is 8.76. The van der Waals surface area contributed by atoms with Crippen LogP contribution in [-0.2, 0) is 6.42 Å². The largest absolute Gasteiger partial charge is 0.494 e. The number of benzene rings is 1. The number of methoxy groups -OCH3 is 1. The van der Waals surface area contributed by atoms with Gasteiger partial charge in [0, 0.05) is 18.0 Å². The number of hydrogen-bond acceptors (Lipinski definition) is 4. The van der Waals surface area contributed by atoms with E-state index in [1.807, 2.05) is 12.1 Å². The minimum Gasteiger partial charge on any atom is -0.494 e. The summed E-state index contributed by atoms with van der Waals surface area (Å²) in [6.07, 6.45) is 5.97. The first-order valence-electron chi connectivity index (χ1n) is 9.45. The molecule has 2 aromatic rings. The zero-order valence-corrected chi connectivity index (χ0v) is 15.3. The van der Waals surface area contributed by atoms with Crippen LogP contribution in [0.4, 0.5) is 5.82 Å². The fraction of sp³-hybridized carbons (Fsp3) is 0.550. The van der Waals surface area contributed by atoms with Gasteiger partial charge in [0.25, 0.3) is 0 Å². The zero-order chi connectivity index (χ0) is 17.2. The second kappa shape index (κ2) is 7.08. The lowest BCUT2D eigenvalue weighted by molar-refractivity contribution is 0.252. The van der Waals surface area contributed by atoms with Crippen LogP contribution >= 0.6 is 0 Å². The average Bonchev–Trinajstić information content (AvgIpc) is 2.83. The van der Waals surface area contributed by atoms with E-state index < -0.39 is 0 Å². The van der Waals surface area contributed by atoms with Crippen LogP contribution in [0.3, 0.4) is 0 Å². The lowest BCUT2D eigenvalue weighted by atomic mass is 9.90. The van der Waals surface area contributed by atoms with Crippen LogP contribution in [-0.4, -0.2) is 48.5 Å². The van der Waals surface area contributed by atoms with Gasteiger partial charge in [0.2, 0.25) is 0 Å². The van der Waals surface area contributed by atoms with Gasteiger partial charge in [-0.1, -0.05) is 12.1 Å². The van der Waals surface area contributed by atoms with E-state index in [1.54, 1.807) is 7.11 Å². The lowest BCUT2D eigenvalue weighted by Gasteiger charge is -2.28. The third kappa shape index (κ3) is 3.13. The normalized spacial score (nSPS) is 19.1. The highest BCUT2D eigenvalue weighted by atomic mass is 16.5. The van der Waals surface area contributed by atoms with Gasteiger partial charge in [-0.05, 0) is 64.4 Å². The van der Waals surface area contributed by atoms with E-state index in [0.29, 0.717) is 5.92 Å². The van der Waals surface area contributed by atoms with Crippen molar-refractivity contribution in [1.82, 2.24) is 14.7 Å². The number of nitrogens with one attached hydrogen (secondary N) is 1. The molecule has 0 spiro atoms. The zero-order valence-electron chi connectivity index (χ0n) is 15.3. The topological polar surface area (TPSA) is 42.3 Å². The van der Waals surface area contributed by atoms with Crippen molar-refractivity contribution in [3.63, 3.8) is 0 Å². The van der Waals surface area contributed by atoms with E-state index in [9.17, 15) is 0 Å². The number of nitrogens with zero attached hydrogens (tertiary/aromatic N) is 3. The molecule has 1 aromatic carbocycles. The van der Waals surface area contributed by atoms with Crippen molar-refractivity contribution in [2.75, 3.05) is 39.1 Å². The minimum absolute atomic E-state index is 0.570. The summed E-state index contributed by atoms with van der Waals surface area (Å²) in [5.41, 5.74) is 3.76. The van der Waals surface area contributed by atoms with Crippen molar-refractivity contribution in [2.45, 2.75) is 38.0 Å². The predicted octanol–water partition coefficient (Wildman–Crippen LogP) is 3.44. The molecule has 0 amide bonds. The van der Waals surface area contributed by atoms with Crippen LogP contribution in [0.15, 0.2) is 24.3 Å². The van der Waals surface area contributed by atoms with Crippen LogP contribution in [0.1, 0.15) is 42.9 Å². The highest BCUT2D eigenvalue weighted by molar-refractivity contribution is 5.58. The maximum absolute atomic E-state index is 5.60. The van der Waals surface area contributed by atoms with Gasteiger partial charge in [0.15, 0.2) is 0 Å².